The lowest BCUT2D eigenvalue weighted by atomic mass is 9.78. The SMILES string of the molecule is CN1C(C)(C)CC(OC(=O)c2cc(C(O)OC3CC(C)(C)N(C)C(C)(C)C3)c(C(O)OC3CC(C)(C)N(C)C(C)(C)C3)cc2C(O)OC2CC(C)(C)N(C)C(C)(C)C2)CC1(C)C. The van der Waals surface area contributed by atoms with Crippen LogP contribution in [0.3, 0.4) is 0 Å². The third-order valence-electron chi connectivity index (χ3n) is 16.6. The van der Waals surface area contributed by atoms with Gasteiger partial charge in [-0.25, -0.2) is 4.79 Å². The summed E-state index contributed by atoms with van der Waals surface area (Å²) >= 11 is 0. The third-order valence-corrected chi connectivity index (χ3v) is 16.6. The number of aliphatic hydroxyl groups excluding tert-OH is 3. The lowest BCUT2D eigenvalue weighted by Crippen LogP contribution is -2.60. The maximum Gasteiger partial charge on any atom is 0.338 e. The number of esters is 1. The minimum absolute atomic E-state index is 0.0534. The Morgan fingerprint density at radius 1 is 0.435 bits per heavy atom. The molecule has 3 unspecified atom stereocenters. The molecular weight excluding hydrogens is 785 g/mol. The predicted octanol–water partition coefficient (Wildman–Crippen LogP) is 8.47. The Balaban J connectivity index is 1.62. The molecule has 1 aromatic carbocycles. The zero-order valence-corrected chi connectivity index (χ0v) is 42.5. The molecule has 356 valence electrons. The van der Waals surface area contributed by atoms with Crippen LogP contribution in [0.4, 0.5) is 0 Å². The largest absolute Gasteiger partial charge is 0.459 e. The van der Waals surface area contributed by atoms with E-state index >= 15 is 0 Å². The Labute approximate surface area is 376 Å². The molecule has 62 heavy (non-hydrogen) atoms. The van der Waals surface area contributed by atoms with E-state index in [1.807, 2.05) is 0 Å². The molecule has 4 heterocycles. The van der Waals surface area contributed by atoms with Gasteiger partial charge < -0.3 is 34.3 Å². The highest BCUT2D eigenvalue weighted by Gasteiger charge is 2.49. The highest BCUT2D eigenvalue weighted by Crippen LogP contribution is 2.45. The predicted molar refractivity (Wildman–Crippen MR) is 246 cm³/mol. The van der Waals surface area contributed by atoms with Gasteiger partial charge in [0.25, 0.3) is 0 Å². The van der Waals surface area contributed by atoms with Gasteiger partial charge in [0.1, 0.15) is 6.10 Å². The second-order valence-corrected chi connectivity index (χ2v) is 24.8. The van der Waals surface area contributed by atoms with Crippen molar-refractivity contribution in [2.45, 2.75) is 250 Å². The molecule has 0 radical (unpaired) electrons. The fourth-order valence-electron chi connectivity index (χ4n) is 11.9. The second-order valence-electron chi connectivity index (χ2n) is 24.8. The van der Waals surface area contributed by atoms with Crippen LogP contribution >= 0.6 is 0 Å². The maximum absolute atomic E-state index is 14.8. The molecule has 0 amide bonds. The van der Waals surface area contributed by atoms with Crippen molar-refractivity contribution in [2.24, 2.45) is 0 Å². The lowest BCUT2D eigenvalue weighted by molar-refractivity contribution is -0.193. The maximum atomic E-state index is 14.8. The van der Waals surface area contributed by atoms with Crippen molar-refractivity contribution in [2.75, 3.05) is 28.2 Å². The van der Waals surface area contributed by atoms with Crippen LogP contribution in [0.1, 0.15) is 208 Å². The Kier molecular flexibility index (Phi) is 14.2. The number of rotatable bonds is 11. The van der Waals surface area contributed by atoms with Crippen molar-refractivity contribution in [3.8, 4) is 0 Å². The fourth-order valence-corrected chi connectivity index (χ4v) is 11.9. The van der Waals surface area contributed by atoms with Gasteiger partial charge in [-0.2, -0.15) is 0 Å². The fraction of sp³-hybridized carbons (Fsp3) is 0.860. The standard InChI is InChI=1S/C50H88N4O8/c1-43(2)23-31(24-44(3,4)51(43)17)59-39(55)35-21-37(41(57)61-33-27-47(9,10)53(19)48(11,12)28-33)38(42(58)62-34-29-49(13,14)54(20)50(15,16)30-34)22-36(35)40(56)60-32-25-45(5,6)52(18)46(7,8)26-32/h21-22,31-34,39-41,55-57H,23-30H2,1-20H3. The van der Waals surface area contributed by atoms with E-state index < -0.39 is 30.9 Å². The van der Waals surface area contributed by atoms with Crippen LogP contribution in [0.25, 0.3) is 0 Å². The summed E-state index contributed by atoms with van der Waals surface area (Å²) in [6.07, 6.45) is -0.895. The highest BCUT2D eigenvalue weighted by molar-refractivity contribution is 5.92. The number of nitrogens with zero attached hydrogens (tertiary/aromatic N) is 4. The first-order valence-electron chi connectivity index (χ1n) is 23.3. The molecule has 1 aromatic rings. The average Bonchev–Trinajstić information content (AvgIpc) is 3.09. The van der Waals surface area contributed by atoms with Crippen LogP contribution in [0.5, 0.6) is 0 Å². The Morgan fingerprint density at radius 2 is 0.661 bits per heavy atom. The molecule has 0 bridgehead atoms. The van der Waals surface area contributed by atoms with Crippen molar-refractivity contribution >= 4 is 5.97 Å². The summed E-state index contributed by atoms with van der Waals surface area (Å²) in [5.74, 6) is -0.636. The van der Waals surface area contributed by atoms with Gasteiger partial charge in [-0.05, 0) is 190 Å². The van der Waals surface area contributed by atoms with Crippen LogP contribution in [0, 0.1) is 0 Å². The molecule has 0 saturated carbocycles. The van der Waals surface area contributed by atoms with Gasteiger partial charge in [-0.15, -0.1) is 0 Å². The van der Waals surface area contributed by atoms with E-state index in [-0.39, 0.29) is 84.9 Å². The molecule has 4 aliphatic heterocycles. The van der Waals surface area contributed by atoms with Gasteiger partial charge >= 0.3 is 5.97 Å². The first kappa shape index (κ1) is 51.3. The number of piperidine rings is 4. The summed E-state index contributed by atoms with van der Waals surface area (Å²) in [7, 11) is 8.46. The Bertz CT molecular complexity index is 1700. The lowest BCUT2D eigenvalue weighted by Gasteiger charge is -2.54. The molecule has 5 rings (SSSR count). The minimum Gasteiger partial charge on any atom is -0.459 e. The van der Waals surface area contributed by atoms with Crippen molar-refractivity contribution in [1.29, 1.82) is 0 Å². The molecule has 12 nitrogen and oxygen atoms in total. The number of hydrogen-bond donors (Lipinski definition) is 3. The number of carbonyl (C=O) groups excluding carboxylic acids is 1. The molecule has 12 heteroatoms. The van der Waals surface area contributed by atoms with Crippen molar-refractivity contribution < 1.29 is 39.1 Å². The van der Waals surface area contributed by atoms with Gasteiger partial charge in [0.05, 0.1) is 23.9 Å². The van der Waals surface area contributed by atoms with Crippen LogP contribution in [-0.2, 0) is 18.9 Å². The van der Waals surface area contributed by atoms with Gasteiger partial charge in [0, 0.05) is 73.8 Å². The van der Waals surface area contributed by atoms with Crippen LogP contribution in [0.15, 0.2) is 12.1 Å². The van der Waals surface area contributed by atoms with Gasteiger partial charge in [-0.1, -0.05) is 0 Å². The van der Waals surface area contributed by atoms with Crippen LogP contribution in [-0.4, -0.2) is 138 Å². The van der Waals surface area contributed by atoms with E-state index in [0.717, 1.165) is 0 Å². The molecule has 3 N–H and O–H groups in total. The number of aliphatic hydroxyl groups is 3. The molecule has 0 aromatic heterocycles. The molecular formula is C50H88N4O8. The average molecular weight is 873 g/mol. The molecule has 4 aliphatic rings. The van der Waals surface area contributed by atoms with Crippen LogP contribution in [0.2, 0.25) is 0 Å². The molecule has 0 spiro atoms. The zero-order chi connectivity index (χ0) is 47.1. The molecule has 3 atom stereocenters. The zero-order valence-electron chi connectivity index (χ0n) is 42.5. The van der Waals surface area contributed by atoms with Crippen LogP contribution < -0.4 is 0 Å². The van der Waals surface area contributed by atoms with Crippen molar-refractivity contribution in [1.82, 2.24) is 19.6 Å². The summed E-state index contributed by atoms with van der Waals surface area (Å²) in [5.41, 5.74) is -1.25. The first-order valence-corrected chi connectivity index (χ1v) is 23.3. The number of ether oxygens (including phenoxy) is 4. The van der Waals surface area contributed by atoms with E-state index in [0.29, 0.717) is 51.4 Å². The summed E-state index contributed by atoms with van der Waals surface area (Å²) in [5, 5.41) is 36.8. The van der Waals surface area contributed by atoms with Crippen molar-refractivity contribution in [3.63, 3.8) is 0 Å². The Morgan fingerprint density at radius 3 is 0.935 bits per heavy atom. The quantitative estimate of drug-likeness (QED) is 0.146. The van der Waals surface area contributed by atoms with Crippen molar-refractivity contribution in [3.05, 3.63) is 34.4 Å². The summed E-state index contributed by atoms with van der Waals surface area (Å²) in [6, 6.07) is 3.12. The van der Waals surface area contributed by atoms with E-state index in [4.69, 9.17) is 18.9 Å². The van der Waals surface area contributed by atoms with E-state index in [2.05, 4.69) is 159 Å². The molecule has 0 aliphatic carbocycles. The van der Waals surface area contributed by atoms with Gasteiger partial charge in [0.15, 0.2) is 18.9 Å². The minimum atomic E-state index is -1.56. The smallest absolute Gasteiger partial charge is 0.338 e. The molecule has 4 fully saturated rings. The summed E-state index contributed by atoms with van der Waals surface area (Å²) < 4.78 is 26.2. The van der Waals surface area contributed by atoms with E-state index in [1.54, 1.807) is 12.1 Å². The number of carbonyl (C=O) groups is 1. The van der Waals surface area contributed by atoms with Gasteiger partial charge in [0.2, 0.25) is 0 Å². The van der Waals surface area contributed by atoms with Gasteiger partial charge in [-0.3, -0.25) is 19.6 Å². The number of likely N-dealkylation sites (tertiary alicyclic amines) is 4. The number of hydrogen-bond acceptors (Lipinski definition) is 12. The summed E-state index contributed by atoms with van der Waals surface area (Å²) in [6.45, 7) is 34.7. The Hall–Kier alpha value is -1.71. The monoisotopic (exact) mass is 873 g/mol. The van der Waals surface area contributed by atoms with E-state index in [9.17, 15) is 20.1 Å². The normalized spacial score (nSPS) is 28.6. The first-order chi connectivity index (χ1) is 27.9. The highest BCUT2D eigenvalue weighted by atomic mass is 16.6. The topological polar surface area (TPSA) is 128 Å². The molecule has 4 saturated heterocycles. The number of benzene rings is 1. The third kappa shape index (κ3) is 10.6. The summed E-state index contributed by atoms with van der Waals surface area (Å²) in [4.78, 5) is 24.2. The second kappa shape index (κ2) is 17.2. The van der Waals surface area contributed by atoms with E-state index in [1.165, 1.54) is 0 Å².